The summed E-state index contributed by atoms with van der Waals surface area (Å²) in [5, 5.41) is 23.6. The van der Waals surface area contributed by atoms with Crippen molar-refractivity contribution >= 4 is 33.4 Å². The second-order valence-electron chi connectivity index (χ2n) is 6.08. The van der Waals surface area contributed by atoms with Gasteiger partial charge in [0.25, 0.3) is 5.69 Å². The summed E-state index contributed by atoms with van der Waals surface area (Å²) >= 11 is 3.28. The molecule has 0 saturated carbocycles. The third kappa shape index (κ3) is 5.94. The van der Waals surface area contributed by atoms with E-state index in [9.17, 15) is 19.7 Å². The average molecular weight is 478 g/mol. The van der Waals surface area contributed by atoms with Gasteiger partial charge in [0.05, 0.1) is 22.0 Å². The van der Waals surface area contributed by atoms with Crippen molar-refractivity contribution in [3.05, 3.63) is 68.5 Å². The Hall–Kier alpha value is -3.61. The highest BCUT2D eigenvalue weighted by Crippen LogP contribution is 2.12. The second-order valence-corrected chi connectivity index (χ2v) is 6.99. The maximum absolute atomic E-state index is 12.0. The Kier molecular flexibility index (Phi) is 6.85. The molecule has 156 valence electrons. The molecular weight excluding hydrogens is 462 g/mol. The molecule has 2 heterocycles. The van der Waals surface area contributed by atoms with Gasteiger partial charge in [0.2, 0.25) is 5.91 Å². The highest BCUT2D eigenvalue weighted by molar-refractivity contribution is 9.10. The van der Waals surface area contributed by atoms with E-state index in [1.165, 1.54) is 24.3 Å². The van der Waals surface area contributed by atoms with Crippen LogP contribution in [-0.2, 0) is 17.8 Å². The number of aromatic nitrogens is 4. The number of nitrogens with one attached hydrogen (secondary N) is 2. The molecule has 0 aliphatic heterocycles. The molecular formula is C17H16BrN7O5. The van der Waals surface area contributed by atoms with Crippen molar-refractivity contribution in [2.24, 2.45) is 0 Å². The summed E-state index contributed by atoms with van der Waals surface area (Å²) in [4.78, 5) is 38.1. The van der Waals surface area contributed by atoms with Crippen molar-refractivity contribution in [1.82, 2.24) is 30.6 Å². The first-order valence-corrected chi connectivity index (χ1v) is 9.49. The summed E-state index contributed by atoms with van der Waals surface area (Å²) in [6.07, 6.45) is 3.42. The minimum absolute atomic E-state index is 0.0384. The first-order chi connectivity index (χ1) is 14.4. The van der Waals surface area contributed by atoms with Crippen LogP contribution in [0.5, 0.6) is 0 Å². The molecule has 2 amide bonds. The van der Waals surface area contributed by atoms with Crippen LogP contribution in [0.3, 0.4) is 0 Å². The molecule has 0 fully saturated rings. The molecule has 13 heteroatoms. The number of non-ortho nitro benzene ring substituents is 1. The van der Waals surface area contributed by atoms with Crippen LogP contribution < -0.4 is 10.6 Å². The van der Waals surface area contributed by atoms with Gasteiger partial charge in [-0.1, -0.05) is 17.3 Å². The highest BCUT2D eigenvalue weighted by atomic mass is 79.9. The van der Waals surface area contributed by atoms with Crippen LogP contribution >= 0.6 is 15.9 Å². The summed E-state index contributed by atoms with van der Waals surface area (Å²) in [5.74, 6) is -0.718. The van der Waals surface area contributed by atoms with Crippen molar-refractivity contribution in [3.63, 3.8) is 0 Å². The SMILES string of the molecule is O=C(Cc1ccc([N+](=O)[O-])cc1)NCCNC(=O)c1nc(Cn2cc(Br)cn2)no1. The van der Waals surface area contributed by atoms with Gasteiger partial charge < -0.3 is 15.2 Å². The third-order valence-corrected chi connectivity index (χ3v) is 4.22. The molecule has 0 bridgehead atoms. The number of benzene rings is 1. The summed E-state index contributed by atoms with van der Waals surface area (Å²) < 4.78 is 7.31. The lowest BCUT2D eigenvalue weighted by atomic mass is 10.1. The van der Waals surface area contributed by atoms with Gasteiger partial charge in [-0.3, -0.25) is 24.4 Å². The smallest absolute Gasteiger partial charge is 0.316 e. The Labute approximate surface area is 177 Å². The quantitative estimate of drug-likeness (QED) is 0.263. The largest absolute Gasteiger partial charge is 0.354 e. The number of nitro groups is 1. The van der Waals surface area contributed by atoms with Crippen molar-refractivity contribution in [2.45, 2.75) is 13.0 Å². The number of nitrogens with zero attached hydrogens (tertiary/aromatic N) is 5. The Morgan fingerprint density at radius 2 is 1.93 bits per heavy atom. The van der Waals surface area contributed by atoms with Gasteiger partial charge in [-0.2, -0.15) is 10.1 Å². The zero-order chi connectivity index (χ0) is 21.5. The van der Waals surface area contributed by atoms with Gasteiger partial charge in [-0.15, -0.1) is 0 Å². The van der Waals surface area contributed by atoms with Crippen LogP contribution in [0.25, 0.3) is 0 Å². The Balaban J connectivity index is 1.38. The van der Waals surface area contributed by atoms with Crippen molar-refractivity contribution in [3.8, 4) is 0 Å². The van der Waals surface area contributed by atoms with Gasteiger partial charge in [-0.25, -0.2) is 0 Å². The number of carbonyl (C=O) groups is 2. The molecule has 0 spiro atoms. The number of nitro benzene ring substituents is 1. The van der Waals surface area contributed by atoms with Crippen molar-refractivity contribution in [1.29, 1.82) is 0 Å². The summed E-state index contributed by atoms with van der Waals surface area (Å²) in [6, 6.07) is 5.72. The lowest BCUT2D eigenvalue weighted by molar-refractivity contribution is -0.384. The van der Waals surface area contributed by atoms with E-state index < -0.39 is 10.8 Å². The van der Waals surface area contributed by atoms with E-state index >= 15 is 0 Å². The van der Waals surface area contributed by atoms with Crippen LogP contribution in [0.15, 0.2) is 45.7 Å². The molecule has 0 aliphatic rings. The minimum atomic E-state index is -0.556. The molecule has 3 rings (SSSR count). The fourth-order valence-electron chi connectivity index (χ4n) is 2.42. The number of hydrogen-bond donors (Lipinski definition) is 2. The van der Waals surface area contributed by atoms with Gasteiger partial charge in [0.1, 0.15) is 6.54 Å². The fourth-order valence-corrected chi connectivity index (χ4v) is 2.75. The van der Waals surface area contributed by atoms with Crippen LogP contribution in [0.2, 0.25) is 0 Å². The molecule has 0 unspecified atom stereocenters. The molecule has 2 N–H and O–H groups in total. The molecule has 2 aromatic heterocycles. The molecule has 30 heavy (non-hydrogen) atoms. The van der Waals surface area contributed by atoms with Gasteiger partial charge in [0, 0.05) is 31.4 Å². The van der Waals surface area contributed by atoms with Crippen LogP contribution in [0, 0.1) is 10.1 Å². The van der Waals surface area contributed by atoms with Crippen LogP contribution in [0.1, 0.15) is 22.1 Å². The molecule has 12 nitrogen and oxygen atoms in total. The lowest BCUT2D eigenvalue weighted by Gasteiger charge is -2.06. The zero-order valence-corrected chi connectivity index (χ0v) is 17.0. The molecule has 0 saturated heterocycles. The van der Waals surface area contributed by atoms with E-state index in [0.29, 0.717) is 11.4 Å². The summed E-state index contributed by atoms with van der Waals surface area (Å²) in [6.45, 7) is 0.607. The van der Waals surface area contributed by atoms with Gasteiger partial charge in [-0.05, 0) is 21.5 Å². The average Bonchev–Trinajstić information content (AvgIpc) is 3.35. The van der Waals surface area contributed by atoms with E-state index in [1.807, 2.05) is 0 Å². The zero-order valence-electron chi connectivity index (χ0n) is 15.4. The first kappa shape index (κ1) is 21.1. The number of rotatable bonds is 9. The molecule has 0 aliphatic carbocycles. The minimum Gasteiger partial charge on any atom is -0.354 e. The predicted molar refractivity (Wildman–Crippen MR) is 105 cm³/mol. The van der Waals surface area contributed by atoms with E-state index in [1.54, 1.807) is 17.1 Å². The van der Waals surface area contributed by atoms with Crippen LogP contribution in [0.4, 0.5) is 5.69 Å². The maximum atomic E-state index is 12.0. The monoisotopic (exact) mass is 477 g/mol. The predicted octanol–water partition coefficient (Wildman–Crippen LogP) is 1.07. The van der Waals surface area contributed by atoms with E-state index in [0.717, 1.165) is 4.47 Å². The van der Waals surface area contributed by atoms with Crippen molar-refractivity contribution < 1.29 is 19.0 Å². The Morgan fingerprint density at radius 3 is 2.60 bits per heavy atom. The maximum Gasteiger partial charge on any atom is 0.316 e. The summed E-state index contributed by atoms with van der Waals surface area (Å²) in [7, 11) is 0. The fraction of sp³-hybridized carbons (Fsp3) is 0.235. The standard InChI is InChI=1S/C17H16BrN7O5/c18-12-8-21-24(9-12)10-14-22-17(30-23-14)16(27)20-6-5-19-15(26)7-11-1-3-13(4-2-11)25(28)29/h1-4,8-9H,5-7,10H2,(H,19,26)(H,20,27). The van der Waals surface area contributed by atoms with Gasteiger partial charge >= 0.3 is 11.8 Å². The molecule has 3 aromatic rings. The first-order valence-electron chi connectivity index (χ1n) is 8.69. The second kappa shape index (κ2) is 9.73. The van der Waals surface area contributed by atoms with Crippen molar-refractivity contribution in [2.75, 3.05) is 13.1 Å². The third-order valence-electron chi connectivity index (χ3n) is 3.81. The number of carbonyl (C=O) groups excluding carboxylic acids is 2. The molecule has 1 aromatic carbocycles. The number of hydrogen-bond acceptors (Lipinski definition) is 8. The Bertz CT molecular complexity index is 1050. The summed E-state index contributed by atoms with van der Waals surface area (Å²) in [5.41, 5.74) is 0.605. The van der Waals surface area contributed by atoms with Crippen LogP contribution in [-0.4, -0.2) is 49.7 Å². The molecule has 0 radical (unpaired) electrons. The topological polar surface area (TPSA) is 158 Å². The van der Waals surface area contributed by atoms with Gasteiger partial charge in [0.15, 0.2) is 5.82 Å². The normalized spacial score (nSPS) is 10.6. The number of amides is 2. The Morgan fingerprint density at radius 1 is 1.20 bits per heavy atom. The van der Waals surface area contributed by atoms with E-state index in [4.69, 9.17) is 4.52 Å². The lowest BCUT2D eigenvalue weighted by Crippen LogP contribution is -2.35. The highest BCUT2D eigenvalue weighted by Gasteiger charge is 2.15. The van der Waals surface area contributed by atoms with E-state index in [-0.39, 0.29) is 43.5 Å². The number of halogens is 1. The van der Waals surface area contributed by atoms with E-state index in [2.05, 4.69) is 41.8 Å². The molecule has 0 atom stereocenters.